The van der Waals surface area contributed by atoms with Gasteiger partial charge in [0.1, 0.15) is 0 Å². The van der Waals surface area contributed by atoms with Gasteiger partial charge in [-0.15, -0.1) is 24.0 Å². The molecule has 0 fully saturated rings. The van der Waals surface area contributed by atoms with Crippen LogP contribution < -0.4 is 10.6 Å². The average Bonchev–Trinajstić information content (AvgIpc) is 2.93. The Kier molecular flexibility index (Phi) is 8.13. The molecule has 0 saturated carbocycles. The van der Waals surface area contributed by atoms with Crippen LogP contribution in [0.4, 0.5) is 13.2 Å². The van der Waals surface area contributed by atoms with Crippen molar-refractivity contribution in [2.24, 2.45) is 12.0 Å². The molecule has 2 N–H and O–H groups in total. The fourth-order valence-electron chi connectivity index (χ4n) is 2.16. The second-order valence-corrected chi connectivity index (χ2v) is 5.10. The number of alkyl halides is 3. The summed E-state index contributed by atoms with van der Waals surface area (Å²) >= 11 is 0. The molecule has 6 nitrogen and oxygen atoms in total. The lowest BCUT2D eigenvalue weighted by Gasteiger charge is -2.12. The van der Waals surface area contributed by atoms with Crippen molar-refractivity contribution in [3.05, 3.63) is 47.5 Å². The van der Waals surface area contributed by atoms with Gasteiger partial charge < -0.3 is 10.6 Å². The van der Waals surface area contributed by atoms with Crippen LogP contribution in [0.2, 0.25) is 0 Å². The van der Waals surface area contributed by atoms with Gasteiger partial charge in [-0.1, -0.05) is 6.07 Å². The molecule has 0 amide bonds. The summed E-state index contributed by atoms with van der Waals surface area (Å²) in [7, 11) is 3.02. The summed E-state index contributed by atoms with van der Waals surface area (Å²) in [4.78, 5) is 8.20. The van der Waals surface area contributed by atoms with Gasteiger partial charge in [0, 0.05) is 57.3 Å². The molecule has 0 aromatic carbocycles. The average molecular weight is 468 g/mol. The molecule has 2 rings (SSSR count). The lowest BCUT2D eigenvalue weighted by molar-refractivity contribution is -0.142. The molecule has 0 radical (unpaired) electrons. The predicted molar refractivity (Wildman–Crippen MR) is 99.8 cm³/mol. The molecule has 0 aliphatic heterocycles. The Morgan fingerprint density at radius 1 is 1.28 bits per heavy atom. The third kappa shape index (κ3) is 6.52. The highest BCUT2D eigenvalue weighted by Crippen LogP contribution is 2.30. The SMILES string of the molecule is CN=C(NCCc1ccccn1)NCc1cn(C)nc1C(F)(F)F.I. The standard InChI is InChI=1S/C15H19F3N6.HI/c1-19-14(21-8-6-12-5-3-4-7-20-12)22-9-11-10-24(2)23-13(11)15(16,17)18;/h3-5,7,10H,6,8-9H2,1-2H3,(H2,19,21,22);1H. The molecule has 2 aromatic rings. The number of halogens is 4. The first-order chi connectivity index (χ1) is 11.4. The Hall–Kier alpha value is -1.85. The number of nitrogens with one attached hydrogen (secondary N) is 2. The quantitative estimate of drug-likeness (QED) is 0.402. The predicted octanol–water partition coefficient (Wildman–Crippen LogP) is 2.36. The van der Waals surface area contributed by atoms with Crippen molar-refractivity contribution in [1.29, 1.82) is 0 Å². The van der Waals surface area contributed by atoms with Crippen molar-refractivity contribution < 1.29 is 13.2 Å². The number of aliphatic imine (C=N–C) groups is 1. The largest absolute Gasteiger partial charge is 0.435 e. The van der Waals surface area contributed by atoms with Crippen molar-refractivity contribution in [3.63, 3.8) is 0 Å². The topological polar surface area (TPSA) is 67.1 Å². The van der Waals surface area contributed by atoms with Gasteiger partial charge in [-0.05, 0) is 12.1 Å². The molecule has 2 aromatic heterocycles. The Morgan fingerprint density at radius 3 is 2.64 bits per heavy atom. The Balaban J connectivity index is 0.00000312. The highest BCUT2D eigenvalue weighted by atomic mass is 127. The third-order valence-electron chi connectivity index (χ3n) is 3.24. The molecule has 0 aliphatic carbocycles. The zero-order valence-electron chi connectivity index (χ0n) is 13.8. The van der Waals surface area contributed by atoms with E-state index in [1.165, 1.54) is 13.2 Å². The Morgan fingerprint density at radius 2 is 2.04 bits per heavy atom. The normalized spacial score (nSPS) is 11.8. The number of pyridine rings is 1. The minimum Gasteiger partial charge on any atom is -0.356 e. The molecule has 2 heterocycles. The van der Waals surface area contributed by atoms with E-state index < -0.39 is 11.9 Å². The number of nitrogens with zero attached hydrogens (tertiary/aromatic N) is 4. The van der Waals surface area contributed by atoms with Crippen molar-refractivity contribution >= 4 is 29.9 Å². The first-order valence-corrected chi connectivity index (χ1v) is 7.34. The van der Waals surface area contributed by atoms with E-state index in [1.807, 2.05) is 18.2 Å². The molecule has 10 heteroatoms. The molecule has 0 spiro atoms. The van der Waals surface area contributed by atoms with E-state index in [0.29, 0.717) is 18.9 Å². The zero-order chi connectivity index (χ0) is 17.6. The van der Waals surface area contributed by atoms with Gasteiger partial charge in [0.2, 0.25) is 0 Å². The minimum absolute atomic E-state index is 0. The van der Waals surface area contributed by atoms with Gasteiger partial charge in [0.15, 0.2) is 11.7 Å². The van der Waals surface area contributed by atoms with E-state index in [1.54, 1.807) is 13.2 Å². The maximum atomic E-state index is 12.9. The van der Waals surface area contributed by atoms with Crippen LogP contribution in [0.1, 0.15) is 17.0 Å². The summed E-state index contributed by atoms with van der Waals surface area (Å²) in [5.41, 5.74) is 0.103. The molecule has 0 aliphatic rings. The van der Waals surface area contributed by atoms with Crippen molar-refractivity contribution in [2.45, 2.75) is 19.1 Å². The molecular formula is C15H20F3IN6. The number of hydrogen-bond donors (Lipinski definition) is 2. The van der Waals surface area contributed by atoms with Gasteiger partial charge in [-0.2, -0.15) is 18.3 Å². The van der Waals surface area contributed by atoms with E-state index in [-0.39, 0.29) is 36.1 Å². The summed E-state index contributed by atoms with van der Waals surface area (Å²) in [5.74, 6) is 0.419. The van der Waals surface area contributed by atoms with Crippen LogP contribution in [0.5, 0.6) is 0 Å². The lowest BCUT2D eigenvalue weighted by atomic mass is 10.2. The highest BCUT2D eigenvalue weighted by Gasteiger charge is 2.36. The van der Waals surface area contributed by atoms with Crippen LogP contribution in [0.25, 0.3) is 0 Å². The molecule has 0 atom stereocenters. The maximum absolute atomic E-state index is 12.9. The smallest absolute Gasteiger partial charge is 0.356 e. The fourth-order valence-corrected chi connectivity index (χ4v) is 2.16. The summed E-state index contributed by atoms with van der Waals surface area (Å²) < 4.78 is 39.9. The first-order valence-electron chi connectivity index (χ1n) is 7.34. The summed E-state index contributed by atoms with van der Waals surface area (Å²) in [6, 6.07) is 5.64. The van der Waals surface area contributed by atoms with E-state index in [0.717, 1.165) is 10.4 Å². The number of aromatic nitrogens is 3. The van der Waals surface area contributed by atoms with Crippen LogP contribution in [-0.4, -0.2) is 34.3 Å². The van der Waals surface area contributed by atoms with Crippen LogP contribution in [0.15, 0.2) is 35.6 Å². The van der Waals surface area contributed by atoms with Crippen LogP contribution in [0.3, 0.4) is 0 Å². The number of rotatable bonds is 5. The van der Waals surface area contributed by atoms with Crippen LogP contribution in [-0.2, 0) is 26.2 Å². The lowest BCUT2D eigenvalue weighted by Crippen LogP contribution is -2.38. The van der Waals surface area contributed by atoms with Gasteiger partial charge in [0.05, 0.1) is 0 Å². The highest BCUT2D eigenvalue weighted by molar-refractivity contribution is 14.0. The summed E-state index contributed by atoms with van der Waals surface area (Å²) in [6.07, 6.45) is -0.739. The van der Waals surface area contributed by atoms with E-state index >= 15 is 0 Å². The van der Waals surface area contributed by atoms with Gasteiger partial charge in [0.25, 0.3) is 0 Å². The molecule has 0 unspecified atom stereocenters. The molecule has 25 heavy (non-hydrogen) atoms. The van der Waals surface area contributed by atoms with Crippen LogP contribution >= 0.6 is 24.0 Å². The van der Waals surface area contributed by atoms with E-state index in [2.05, 4.69) is 25.7 Å². The van der Waals surface area contributed by atoms with Crippen molar-refractivity contribution in [1.82, 2.24) is 25.4 Å². The minimum atomic E-state index is -4.48. The number of guanidine groups is 1. The van der Waals surface area contributed by atoms with E-state index in [4.69, 9.17) is 0 Å². The Labute approximate surface area is 161 Å². The van der Waals surface area contributed by atoms with Gasteiger partial charge in [-0.3, -0.25) is 14.7 Å². The van der Waals surface area contributed by atoms with Gasteiger partial charge in [-0.25, -0.2) is 0 Å². The number of hydrogen-bond acceptors (Lipinski definition) is 3. The molecule has 138 valence electrons. The second-order valence-electron chi connectivity index (χ2n) is 5.10. The maximum Gasteiger partial charge on any atom is 0.435 e. The molecular weight excluding hydrogens is 448 g/mol. The van der Waals surface area contributed by atoms with Crippen molar-refractivity contribution in [3.8, 4) is 0 Å². The van der Waals surface area contributed by atoms with Gasteiger partial charge >= 0.3 is 6.18 Å². The molecule has 0 saturated heterocycles. The molecule has 0 bridgehead atoms. The van der Waals surface area contributed by atoms with Crippen molar-refractivity contribution in [2.75, 3.05) is 13.6 Å². The summed E-state index contributed by atoms with van der Waals surface area (Å²) in [6.45, 7) is 0.543. The third-order valence-corrected chi connectivity index (χ3v) is 3.24. The monoisotopic (exact) mass is 468 g/mol. The first kappa shape index (κ1) is 21.2. The Bertz CT molecular complexity index is 684. The van der Waals surface area contributed by atoms with Crippen LogP contribution in [0, 0.1) is 0 Å². The summed E-state index contributed by atoms with van der Waals surface area (Å²) in [5, 5.41) is 9.38. The van der Waals surface area contributed by atoms with E-state index in [9.17, 15) is 13.2 Å². The zero-order valence-corrected chi connectivity index (χ0v) is 16.2. The second kappa shape index (κ2) is 9.59. The number of aryl methyl sites for hydroxylation is 1. The fraction of sp³-hybridized carbons (Fsp3) is 0.400.